The molecule has 0 aliphatic heterocycles. The van der Waals surface area contributed by atoms with Crippen molar-refractivity contribution >= 4 is 26.0 Å². The fourth-order valence-corrected chi connectivity index (χ4v) is 3.57. The quantitative estimate of drug-likeness (QED) is 0.535. The second kappa shape index (κ2) is 10.1. The fourth-order valence-electron chi connectivity index (χ4n) is 2.58. The van der Waals surface area contributed by atoms with Crippen LogP contribution in [0.5, 0.6) is 11.5 Å². The lowest BCUT2D eigenvalue weighted by Gasteiger charge is -2.16. The Kier molecular flexibility index (Phi) is 8.09. The number of hydrogen-bond acceptors (Lipinski definition) is 5. The van der Waals surface area contributed by atoms with Gasteiger partial charge < -0.3 is 14.8 Å². The van der Waals surface area contributed by atoms with E-state index in [0.29, 0.717) is 18.9 Å². The standard InChI is InChI=1S/C19H25BrN2O4S/c1-3-10-26-19-15(11-16(20)12-18(19)25-2)13-22-9-8-14-4-6-17(7-5-14)27(21,23)24/h4-7,11-12,22H,3,8-10,13H2,1-2H3,(H2,21,23,24). The van der Waals surface area contributed by atoms with Crippen LogP contribution in [0, 0.1) is 0 Å². The maximum Gasteiger partial charge on any atom is 0.238 e. The Labute approximate surface area is 169 Å². The normalized spacial score (nSPS) is 11.4. The Hall–Kier alpha value is -1.61. The number of nitrogens with one attached hydrogen (secondary N) is 1. The summed E-state index contributed by atoms with van der Waals surface area (Å²) in [5.74, 6) is 1.46. The van der Waals surface area contributed by atoms with Crippen LogP contribution in [0.25, 0.3) is 0 Å². The van der Waals surface area contributed by atoms with E-state index in [1.807, 2.05) is 12.1 Å². The number of halogens is 1. The van der Waals surface area contributed by atoms with Crippen LogP contribution >= 0.6 is 15.9 Å². The lowest BCUT2D eigenvalue weighted by Crippen LogP contribution is -2.18. The van der Waals surface area contributed by atoms with Crippen molar-refractivity contribution in [3.8, 4) is 11.5 Å². The molecule has 3 N–H and O–H groups in total. The summed E-state index contributed by atoms with van der Waals surface area (Å²) in [5.41, 5.74) is 2.04. The summed E-state index contributed by atoms with van der Waals surface area (Å²) in [5, 5.41) is 8.50. The molecule has 0 saturated heterocycles. The molecule has 148 valence electrons. The highest BCUT2D eigenvalue weighted by Crippen LogP contribution is 2.35. The zero-order chi connectivity index (χ0) is 19.9. The van der Waals surface area contributed by atoms with Crippen LogP contribution in [0.3, 0.4) is 0 Å². The molecule has 0 aliphatic rings. The molecular formula is C19H25BrN2O4S. The van der Waals surface area contributed by atoms with Gasteiger partial charge in [0.2, 0.25) is 10.0 Å². The summed E-state index contributed by atoms with van der Waals surface area (Å²) in [6.45, 7) is 4.05. The number of hydrogen-bond donors (Lipinski definition) is 2. The van der Waals surface area contributed by atoms with Gasteiger partial charge >= 0.3 is 0 Å². The summed E-state index contributed by atoms with van der Waals surface area (Å²) in [6, 6.07) is 10.5. The van der Waals surface area contributed by atoms with Gasteiger partial charge in [-0.3, -0.25) is 0 Å². The SMILES string of the molecule is CCCOc1c(CNCCc2ccc(S(N)(=O)=O)cc2)cc(Br)cc1OC. The fraction of sp³-hybridized carbons (Fsp3) is 0.368. The molecule has 0 unspecified atom stereocenters. The monoisotopic (exact) mass is 456 g/mol. The van der Waals surface area contributed by atoms with Gasteiger partial charge in [-0.25, -0.2) is 13.6 Å². The molecular weight excluding hydrogens is 432 g/mol. The van der Waals surface area contributed by atoms with Gasteiger partial charge in [0.1, 0.15) is 0 Å². The van der Waals surface area contributed by atoms with E-state index in [1.165, 1.54) is 12.1 Å². The highest BCUT2D eigenvalue weighted by atomic mass is 79.9. The van der Waals surface area contributed by atoms with E-state index >= 15 is 0 Å². The van der Waals surface area contributed by atoms with Crippen molar-refractivity contribution in [2.45, 2.75) is 31.2 Å². The van der Waals surface area contributed by atoms with Crippen LogP contribution in [-0.2, 0) is 23.0 Å². The van der Waals surface area contributed by atoms with Gasteiger partial charge in [-0.05, 0) is 49.2 Å². The van der Waals surface area contributed by atoms with Gasteiger partial charge in [0.25, 0.3) is 0 Å². The van der Waals surface area contributed by atoms with Crippen LogP contribution in [-0.4, -0.2) is 28.7 Å². The smallest absolute Gasteiger partial charge is 0.238 e. The first-order valence-corrected chi connectivity index (χ1v) is 11.0. The molecule has 2 rings (SSSR count). The summed E-state index contributed by atoms with van der Waals surface area (Å²) >= 11 is 3.50. The summed E-state index contributed by atoms with van der Waals surface area (Å²) in [7, 11) is -2.02. The zero-order valence-corrected chi connectivity index (χ0v) is 17.9. The average Bonchev–Trinajstić information content (AvgIpc) is 2.63. The van der Waals surface area contributed by atoms with Crippen molar-refractivity contribution in [1.29, 1.82) is 0 Å². The van der Waals surface area contributed by atoms with Gasteiger partial charge in [0, 0.05) is 16.6 Å². The lowest BCUT2D eigenvalue weighted by atomic mass is 10.1. The van der Waals surface area contributed by atoms with Crippen molar-refractivity contribution in [1.82, 2.24) is 5.32 Å². The minimum absolute atomic E-state index is 0.123. The van der Waals surface area contributed by atoms with E-state index in [1.54, 1.807) is 19.2 Å². The second-order valence-electron chi connectivity index (χ2n) is 6.06. The van der Waals surface area contributed by atoms with Crippen molar-refractivity contribution in [2.24, 2.45) is 5.14 Å². The predicted molar refractivity (Wildman–Crippen MR) is 110 cm³/mol. The minimum atomic E-state index is -3.65. The number of sulfonamides is 1. The Morgan fingerprint density at radius 3 is 2.48 bits per heavy atom. The van der Waals surface area contributed by atoms with Crippen LogP contribution in [0.1, 0.15) is 24.5 Å². The zero-order valence-electron chi connectivity index (χ0n) is 15.5. The molecule has 8 heteroatoms. The van der Waals surface area contributed by atoms with Crippen LogP contribution < -0.4 is 19.9 Å². The number of rotatable bonds is 10. The number of benzene rings is 2. The molecule has 0 amide bonds. The van der Waals surface area contributed by atoms with Crippen molar-refractivity contribution in [2.75, 3.05) is 20.3 Å². The third-order valence-corrected chi connectivity index (χ3v) is 5.31. The molecule has 0 bridgehead atoms. The van der Waals surface area contributed by atoms with E-state index in [4.69, 9.17) is 14.6 Å². The van der Waals surface area contributed by atoms with E-state index in [9.17, 15) is 8.42 Å². The van der Waals surface area contributed by atoms with Gasteiger partial charge in [0.15, 0.2) is 11.5 Å². The largest absolute Gasteiger partial charge is 0.493 e. The average molecular weight is 457 g/mol. The Balaban J connectivity index is 1.97. The number of methoxy groups -OCH3 is 1. The Morgan fingerprint density at radius 1 is 1.19 bits per heavy atom. The highest BCUT2D eigenvalue weighted by molar-refractivity contribution is 9.10. The number of primary sulfonamides is 1. The minimum Gasteiger partial charge on any atom is -0.493 e. The van der Waals surface area contributed by atoms with Crippen LogP contribution in [0.15, 0.2) is 45.8 Å². The Bertz CT molecular complexity index is 855. The van der Waals surface area contributed by atoms with Crippen LogP contribution in [0.2, 0.25) is 0 Å². The van der Waals surface area contributed by atoms with Crippen molar-refractivity contribution in [3.05, 3.63) is 52.0 Å². The molecule has 6 nitrogen and oxygen atoms in total. The molecule has 2 aromatic rings. The van der Waals surface area contributed by atoms with E-state index < -0.39 is 10.0 Å². The van der Waals surface area contributed by atoms with Crippen molar-refractivity contribution < 1.29 is 17.9 Å². The van der Waals surface area contributed by atoms with E-state index in [2.05, 4.69) is 28.2 Å². The molecule has 0 radical (unpaired) electrons. The first-order valence-electron chi connectivity index (χ1n) is 8.66. The summed E-state index contributed by atoms with van der Waals surface area (Å²) in [4.78, 5) is 0.123. The molecule has 27 heavy (non-hydrogen) atoms. The van der Waals surface area contributed by atoms with Crippen molar-refractivity contribution in [3.63, 3.8) is 0 Å². The number of nitrogens with two attached hydrogens (primary N) is 1. The molecule has 0 heterocycles. The van der Waals surface area contributed by atoms with Crippen LogP contribution in [0.4, 0.5) is 0 Å². The number of ether oxygens (including phenoxy) is 2. The maximum absolute atomic E-state index is 11.3. The van der Waals surface area contributed by atoms with Gasteiger partial charge in [0.05, 0.1) is 18.6 Å². The second-order valence-corrected chi connectivity index (χ2v) is 8.54. The Morgan fingerprint density at radius 2 is 1.89 bits per heavy atom. The molecule has 0 saturated carbocycles. The van der Waals surface area contributed by atoms with Gasteiger partial charge in [-0.1, -0.05) is 35.0 Å². The highest BCUT2D eigenvalue weighted by Gasteiger charge is 2.12. The molecule has 0 fully saturated rings. The topological polar surface area (TPSA) is 90.6 Å². The molecule has 0 spiro atoms. The molecule has 0 atom stereocenters. The molecule has 0 aliphatic carbocycles. The third-order valence-electron chi connectivity index (χ3n) is 3.92. The summed E-state index contributed by atoms with van der Waals surface area (Å²) < 4.78 is 34.8. The lowest BCUT2D eigenvalue weighted by molar-refractivity contribution is 0.290. The first-order chi connectivity index (χ1) is 12.8. The third kappa shape index (κ3) is 6.49. The molecule has 0 aromatic heterocycles. The van der Waals surface area contributed by atoms with E-state index in [0.717, 1.165) is 40.7 Å². The van der Waals surface area contributed by atoms with Gasteiger partial charge in [-0.2, -0.15) is 0 Å². The van der Waals surface area contributed by atoms with Gasteiger partial charge in [-0.15, -0.1) is 0 Å². The molecule has 2 aromatic carbocycles. The predicted octanol–water partition coefficient (Wildman–Crippen LogP) is 3.23. The van der Waals surface area contributed by atoms with E-state index in [-0.39, 0.29) is 4.90 Å². The first kappa shape index (κ1) is 21.7. The maximum atomic E-state index is 11.3. The summed E-state index contributed by atoms with van der Waals surface area (Å²) in [6.07, 6.45) is 1.68.